The van der Waals surface area contributed by atoms with Gasteiger partial charge in [0.2, 0.25) is 10.0 Å². The van der Waals surface area contributed by atoms with Crippen LogP contribution < -0.4 is 5.32 Å². The molecule has 0 aliphatic heterocycles. The van der Waals surface area contributed by atoms with Gasteiger partial charge < -0.3 is 5.32 Å². The Morgan fingerprint density at radius 2 is 1.75 bits per heavy atom. The Kier molecular flexibility index (Phi) is 8.15. The number of nitrogens with zero attached hydrogens (tertiary/aromatic N) is 1. The molecule has 0 unspecified atom stereocenters. The fourth-order valence-corrected chi connectivity index (χ4v) is 2.80. The van der Waals surface area contributed by atoms with Crippen LogP contribution in [0.3, 0.4) is 0 Å². The van der Waals surface area contributed by atoms with Crippen LogP contribution in [0.5, 0.6) is 0 Å². The van der Waals surface area contributed by atoms with Crippen molar-refractivity contribution in [3.8, 4) is 0 Å². The average Bonchev–Trinajstić information content (AvgIpc) is 2.24. The van der Waals surface area contributed by atoms with Crippen molar-refractivity contribution in [3.05, 3.63) is 25.3 Å². The van der Waals surface area contributed by atoms with Gasteiger partial charge in [-0.1, -0.05) is 12.2 Å². The predicted octanol–water partition coefficient (Wildman–Crippen LogP) is 0.990. The van der Waals surface area contributed by atoms with Crippen molar-refractivity contribution in [2.24, 2.45) is 0 Å². The third-order valence-electron chi connectivity index (χ3n) is 2.14. The molecule has 0 aliphatic carbocycles. The Hall–Kier alpha value is -0.650. The standard InChI is InChI=1S/C11H22N2O2S/c1-4-9-13(10-5-2)16(14,15)11-7-6-8-12-3/h4-5,12H,1-2,6-11H2,3H3. The van der Waals surface area contributed by atoms with Crippen LogP contribution in [0.25, 0.3) is 0 Å². The molecule has 0 aromatic carbocycles. The van der Waals surface area contributed by atoms with Gasteiger partial charge in [0, 0.05) is 13.1 Å². The maximum Gasteiger partial charge on any atom is 0.214 e. The Morgan fingerprint density at radius 1 is 1.19 bits per heavy atom. The van der Waals surface area contributed by atoms with E-state index in [0.29, 0.717) is 19.5 Å². The summed E-state index contributed by atoms with van der Waals surface area (Å²) < 4.78 is 25.2. The minimum atomic E-state index is -3.16. The molecule has 16 heavy (non-hydrogen) atoms. The van der Waals surface area contributed by atoms with Gasteiger partial charge in [0.25, 0.3) is 0 Å². The first kappa shape index (κ1) is 15.3. The highest BCUT2D eigenvalue weighted by Crippen LogP contribution is 2.05. The summed E-state index contributed by atoms with van der Waals surface area (Å²) in [4.78, 5) is 0. The van der Waals surface area contributed by atoms with Crippen molar-refractivity contribution in [2.75, 3.05) is 32.4 Å². The van der Waals surface area contributed by atoms with Gasteiger partial charge in [-0.25, -0.2) is 8.42 Å². The molecular formula is C11H22N2O2S. The molecule has 0 bridgehead atoms. The summed E-state index contributed by atoms with van der Waals surface area (Å²) in [5, 5.41) is 2.99. The quantitative estimate of drug-likeness (QED) is 0.462. The van der Waals surface area contributed by atoms with Crippen LogP contribution in [0.15, 0.2) is 25.3 Å². The molecular weight excluding hydrogens is 224 g/mol. The Bertz CT molecular complexity index is 289. The van der Waals surface area contributed by atoms with Gasteiger partial charge in [0.15, 0.2) is 0 Å². The Morgan fingerprint density at radius 3 is 2.19 bits per heavy atom. The predicted molar refractivity (Wildman–Crippen MR) is 68.9 cm³/mol. The highest BCUT2D eigenvalue weighted by atomic mass is 32.2. The van der Waals surface area contributed by atoms with E-state index in [1.165, 1.54) is 4.31 Å². The van der Waals surface area contributed by atoms with Gasteiger partial charge in [-0.05, 0) is 26.4 Å². The van der Waals surface area contributed by atoms with Gasteiger partial charge in [0.1, 0.15) is 0 Å². The monoisotopic (exact) mass is 246 g/mol. The largest absolute Gasteiger partial charge is 0.320 e. The molecule has 94 valence electrons. The average molecular weight is 246 g/mol. The molecule has 1 N–H and O–H groups in total. The Labute approximate surface area is 99.1 Å². The highest BCUT2D eigenvalue weighted by Gasteiger charge is 2.18. The number of nitrogens with one attached hydrogen (secondary N) is 1. The molecule has 4 nitrogen and oxygen atoms in total. The summed E-state index contributed by atoms with van der Waals surface area (Å²) in [7, 11) is -1.31. The van der Waals surface area contributed by atoms with Crippen molar-refractivity contribution in [1.82, 2.24) is 9.62 Å². The topological polar surface area (TPSA) is 49.4 Å². The van der Waals surface area contributed by atoms with Crippen molar-refractivity contribution < 1.29 is 8.42 Å². The summed E-state index contributed by atoms with van der Waals surface area (Å²) >= 11 is 0. The zero-order valence-corrected chi connectivity index (χ0v) is 10.8. The zero-order chi connectivity index (χ0) is 12.4. The third kappa shape index (κ3) is 6.05. The Balaban J connectivity index is 4.24. The minimum Gasteiger partial charge on any atom is -0.320 e. The maximum atomic E-state index is 11.9. The van der Waals surface area contributed by atoms with Gasteiger partial charge in [0.05, 0.1) is 5.75 Å². The fraction of sp³-hybridized carbons (Fsp3) is 0.636. The molecule has 0 saturated heterocycles. The normalized spacial score (nSPS) is 11.6. The fourth-order valence-electron chi connectivity index (χ4n) is 1.30. The highest BCUT2D eigenvalue weighted by molar-refractivity contribution is 7.89. The number of hydrogen-bond acceptors (Lipinski definition) is 3. The van der Waals surface area contributed by atoms with Crippen LogP contribution >= 0.6 is 0 Å². The van der Waals surface area contributed by atoms with Gasteiger partial charge in [-0.15, -0.1) is 13.2 Å². The van der Waals surface area contributed by atoms with Crippen LogP contribution in [0.4, 0.5) is 0 Å². The first-order valence-corrected chi connectivity index (χ1v) is 7.03. The van der Waals surface area contributed by atoms with E-state index in [-0.39, 0.29) is 5.75 Å². The molecule has 0 rings (SSSR count). The molecule has 0 saturated carbocycles. The molecule has 0 aliphatic rings. The van der Waals surface area contributed by atoms with Crippen molar-refractivity contribution >= 4 is 10.0 Å². The number of rotatable bonds is 10. The van der Waals surface area contributed by atoms with Crippen molar-refractivity contribution in [3.63, 3.8) is 0 Å². The number of hydrogen-bond donors (Lipinski definition) is 1. The van der Waals surface area contributed by atoms with Crippen LogP contribution in [0, 0.1) is 0 Å². The number of unbranched alkanes of at least 4 members (excludes halogenated alkanes) is 1. The van der Waals surface area contributed by atoms with E-state index in [2.05, 4.69) is 18.5 Å². The first-order chi connectivity index (χ1) is 7.58. The van der Waals surface area contributed by atoms with E-state index < -0.39 is 10.0 Å². The first-order valence-electron chi connectivity index (χ1n) is 5.42. The van der Waals surface area contributed by atoms with E-state index in [1.54, 1.807) is 12.2 Å². The SMILES string of the molecule is C=CCN(CC=C)S(=O)(=O)CCCCNC. The van der Waals surface area contributed by atoms with E-state index in [1.807, 2.05) is 7.05 Å². The van der Waals surface area contributed by atoms with Gasteiger partial charge in [-0.3, -0.25) is 0 Å². The van der Waals surface area contributed by atoms with Crippen LogP contribution in [0.2, 0.25) is 0 Å². The summed E-state index contributed by atoms with van der Waals surface area (Å²) in [6.07, 6.45) is 4.73. The molecule has 0 fully saturated rings. The summed E-state index contributed by atoms with van der Waals surface area (Å²) in [5.74, 6) is 0.191. The minimum absolute atomic E-state index is 0.191. The second kappa shape index (κ2) is 8.50. The maximum absolute atomic E-state index is 11.9. The van der Waals surface area contributed by atoms with E-state index in [4.69, 9.17) is 0 Å². The smallest absolute Gasteiger partial charge is 0.214 e. The molecule has 5 heteroatoms. The lowest BCUT2D eigenvalue weighted by Gasteiger charge is -2.18. The molecule has 0 aromatic rings. The van der Waals surface area contributed by atoms with E-state index >= 15 is 0 Å². The van der Waals surface area contributed by atoms with Crippen LogP contribution in [-0.2, 0) is 10.0 Å². The summed E-state index contributed by atoms with van der Waals surface area (Å²) in [6, 6.07) is 0. The molecule has 0 aromatic heterocycles. The van der Waals surface area contributed by atoms with Crippen LogP contribution in [0.1, 0.15) is 12.8 Å². The summed E-state index contributed by atoms with van der Waals surface area (Å²) in [6.45, 7) is 8.65. The molecule has 0 amide bonds. The molecule has 0 atom stereocenters. The molecule has 0 heterocycles. The summed E-state index contributed by atoms with van der Waals surface area (Å²) in [5.41, 5.74) is 0. The van der Waals surface area contributed by atoms with Crippen molar-refractivity contribution in [2.45, 2.75) is 12.8 Å². The zero-order valence-electron chi connectivity index (χ0n) is 9.98. The molecule has 0 radical (unpaired) electrons. The molecule has 0 spiro atoms. The third-order valence-corrected chi connectivity index (χ3v) is 4.03. The second-order valence-corrected chi connectivity index (χ2v) is 5.61. The lowest BCUT2D eigenvalue weighted by atomic mass is 10.3. The van der Waals surface area contributed by atoms with Crippen molar-refractivity contribution in [1.29, 1.82) is 0 Å². The number of sulfonamides is 1. The lowest BCUT2D eigenvalue weighted by molar-refractivity contribution is 0.471. The van der Waals surface area contributed by atoms with Gasteiger partial charge in [-0.2, -0.15) is 4.31 Å². The van der Waals surface area contributed by atoms with E-state index in [0.717, 1.165) is 13.0 Å². The van der Waals surface area contributed by atoms with E-state index in [9.17, 15) is 8.42 Å². The lowest BCUT2D eigenvalue weighted by Crippen LogP contribution is -2.33. The van der Waals surface area contributed by atoms with Gasteiger partial charge >= 0.3 is 0 Å². The van der Waals surface area contributed by atoms with Crippen LogP contribution in [-0.4, -0.2) is 45.2 Å². The second-order valence-electron chi connectivity index (χ2n) is 3.52.